The van der Waals surface area contributed by atoms with Gasteiger partial charge in [0.05, 0.1) is 0 Å². The first-order valence-electron chi connectivity index (χ1n) is 9.99. The molecule has 1 atom stereocenters. The zero-order valence-electron chi connectivity index (χ0n) is 16.6. The Morgan fingerprint density at radius 1 is 0.964 bits per heavy atom. The van der Waals surface area contributed by atoms with Crippen LogP contribution in [0.2, 0.25) is 0 Å². The fourth-order valence-electron chi connectivity index (χ4n) is 3.87. The summed E-state index contributed by atoms with van der Waals surface area (Å²) in [6, 6.07) is 16.6. The molecule has 0 heterocycles. The van der Waals surface area contributed by atoms with Crippen molar-refractivity contribution in [3.05, 3.63) is 59.7 Å². The van der Waals surface area contributed by atoms with Crippen molar-refractivity contribution in [3.8, 4) is 11.1 Å². The number of rotatable bonds is 10. The Kier molecular flexibility index (Phi) is 7.20. The number of nitrogens with two attached hydrogens (primary N) is 1. The molecule has 0 bridgehead atoms. The van der Waals surface area contributed by atoms with Gasteiger partial charge in [-0.1, -0.05) is 48.5 Å². The Hall–Kier alpha value is -2.21. The molecule has 5 nitrogen and oxygen atoms in total. The first kappa shape index (κ1) is 20.5. The molecule has 0 saturated heterocycles. The van der Waals surface area contributed by atoms with Crippen molar-refractivity contribution in [2.75, 3.05) is 26.4 Å². The summed E-state index contributed by atoms with van der Waals surface area (Å²) in [4.78, 5) is 12.9. The Labute approximate surface area is 166 Å². The molecule has 1 aliphatic carbocycles. The minimum Gasteiger partial charge on any atom is -0.464 e. The van der Waals surface area contributed by atoms with Crippen LogP contribution in [-0.2, 0) is 19.0 Å². The number of ether oxygens (including phenoxy) is 3. The summed E-state index contributed by atoms with van der Waals surface area (Å²) in [6.45, 7) is 5.34. The molecule has 2 aromatic rings. The quantitative estimate of drug-likeness (QED) is 0.500. The maximum absolute atomic E-state index is 12.9. The lowest BCUT2D eigenvalue weighted by molar-refractivity contribution is -0.190. The van der Waals surface area contributed by atoms with Gasteiger partial charge in [-0.25, -0.2) is 0 Å². The average Bonchev–Trinajstić information content (AvgIpc) is 3.04. The second-order valence-electron chi connectivity index (χ2n) is 6.82. The molecule has 0 spiro atoms. The number of fused-ring (bicyclic) bond motifs is 3. The molecule has 3 rings (SSSR count). The molecule has 1 unspecified atom stereocenters. The Bertz CT molecular complexity index is 740. The molecule has 1 aliphatic rings. The normalized spacial score (nSPS) is 14.0. The third-order valence-electron chi connectivity index (χ3n) is 5.13. The lowest BCUT2D eigenvalue weighted by atomic mass is 9.98. The molecule has 150 valence electrons. The van der Waals surface area contributed by atoms with E-state index in [2.05, 4.69) is 24.3 Å². The molecule has 0 radical (unpaired) electrons. The molecular weight excluding hydrogens is 354 g/mol. The number of hydrogen-bond donors (Lipinski definition) is 1. The van der Waals surface area contributed by atoms with Gasteiger partial charge >= 0.3 is 5.97 Å². The smallest absolute Gasteiger partial charge is 0.314 e. The predicted octanol–water partition coefficient (Wildman–Crippen LogP) is 3.71. The average molecular weight is 383 g/mol. The van der Waals surface area contributed by atoms with Crippen LogP contribution < -0.4 is 5.73 Å². The van der Waals surface area contributed by atoms with E-state index in [0.29, 0.717) is 32.8 Å². The highest BCUT2D eigenvalue weighted by atomic mass is 16.7. The molecule has 0 fully saturated rings. The highest BCUT2D eigenvalue weighted by Gasteiger charge is 2.33. The summed E-state index contributed by atoms with van der Waals surface area (Å²) in [5, 5.41) is 0. The highest BCUT2D eigenvalue weighted by Crippen LogP contribution is 2.44. The van der Waals surface area contributed by atoms with E-state index in [9.17, 15) is 4.79 Å². The van der Waals surface area contributed by atoms with Gasteiger partial charge in [0.25, 0.3) is 0 Å². The van der Waals surface area contributed by atoms with E-state index in [-0.39, 0.29) is 11.9 Å². The van der Waals surface area contributed by atoms with Crippen LogP contribution >= 0.6 is 0 Å². The first-order chi connectivity index (χ1) is 13.7. The van der Waals surface area contributed by atoms with Gasteiger partial charge in [0.2, 0.25) is 0 Å². The number of carbonyl (C=O) groups is 1. The summed E-state index contributed by atoms with van der Waals surface area (Å²) in [5.41, 5.74) is 10.5. The van der Waals surface area contributed by atoms with Crippen molar-refractivity contribution in [2.45, 2.75) is 32.5 Å². The van der Waals surface area contributed by atoms with Crippen molar-refractivity contribution >= 4 is 5.97 Å². The number of benzene rings is 2. The molecule has 0 aliphatic heterocycles. The molecule has 0 saturated carbocycles. The van der Waals surface area contributed by atoms with Gasteiger partial charge < -0.3 is 19.9 Å². The second kappa shape index (κ2) is 9.82. The SMILES string of the molecule is CCOC(OCC)C(CCN)C(=O)OCC1c2ccccc2-c2ccccc21. The van der Waals surface area contributed by atoms with E-state index in [1.54, 1.807) is 0 Å². The molecule has 5 heteroatoms. The second-order valence-corrected chi connectivity index (χ2v) is 6.82. The minimum atomic E-state index is -0.630. The highest BCUT2D eigenvalue weighted by molar-refractivity contribution is 5.79. The van der Waals surface area contributed by atoms with E-state index in [1.165, 1.54) is 22.3 Å². The molecule has 28 heavy (non-hydrogen) atoms. The number of esters is 1. The lowest BCUT2D eigenvalue weighted by Crippen LogP contribution is -2.36. The van der Waals surface area contributed by atoms with Crippen LogP contribution in [0.5, 0.6) is 0 Å². The van der Waals surface area contributed by atoms with Crippen LogP contribution in [0.1, 0.15) is 37.3 Å². The van der Waals surface area contributed by atoms with Crippen molar-refractivity contribution in [1.82, 2.24) is 0 Å². The summed E-state index contributed by atoms with van der Waals surface area (Å²) in [6.07, 6.45) is -0.171. The van der Waals surface area contributed by atoms with Crippen molar-refractivity contribution < 1.29 is 19.0 Å². The van der Waals surface area contributed by atoms with Crippen molar-refractivity contribution in [1.29, 1.82) is 0 Å². The third kappa shape index (κ3) is 4.27. The maximum atomic E-state index is 12.9. The topological polar surface area (TPSA) is 70.8 Å². The molecule has 2 aromatic carbocycles. The predicted molar refractivity (Wildman–Crippen MR) is 109 cm³/mol. The van der Waals surface area contributed by atoms with Crippen LogP contribution in [0.3, 0.4) is 0 Å². The standard InChI is InChI=1S/C23H29NO4/c1-3-26-23(27-4-2)20(13-14-24)22(25)28-15-21-18-11-7-5-9-16(18)17-10-6-8-12-19(17)21/h5-12,20-21,23H,3-4,13-15,24H2,1-2H3. The van der Waals surface area contributed by atoms with E-state index in [4.69, 9.17) is 19.9 Å². The summed E-state index contributed by atoms with van der Waals surface area (Å²) >= 11 is 0. The zero-order chi connectivity index (χ0) is 19.9. The van der Waals surface area contributed by atoms with Crippen LogP contribution in [0.15, 0.2) is 48.5 Å². The van der Waals surface area contributed by atoms with Crippen molar-refractivity contribution in [2.24, 2.45) is 11.7 Å². The van der Waals surface area contributed by atoms with E-state index >= 15 is 0 Å². The van der Waals surface area contributed by atoms with Gasteiger partial charge in [0, 0.05) is 19.1 Å². The summed E-state index contributed by atoms with van der Waals surface area (Å²) in [7, 11) is 0. The lowest BCUT2D eigenvalue weighted by Gasteiger charge is -2.25. The molecule has 0 aromatic heterocycles. The van der Waals surface area contributed by atoms with Crippen LogP contribution in [0.4, 0.5) is 0 Å². The number of hydrogen-bond acceptors (Lipinski definition) is 5. The van der Waals surface area contributed by atoms with Crippen LogP contribution in [0.25, 0.3) is 11.1 Å². The molecular formula is C23H29NO4. The Morgan fingerprint density at radius 3 is 2.00 bits per heavy atom. The van der Waals surface area contributed by atoms with Crippen LogP contribution in [0, 0.1) is 5.92 Å². The monoisotopic (exact) mass is 383 g/mol. The summed E-state index contributed by atoms with van der Waals surface area (Å²) < 4.78 is 17.0. The number of carbonyl (C=O) groups excluding carboxylic acids is 1. The van der Waals surface area contributed by atoms with Gasteiger partial charge in [0.1, 0.15) is 12.5 Å². The van der Waals surface area contributed by atoms with Gasteiger partial charge in [-0.15, -0.1) is 0 Å². The fraction of sp³-hybridized carbons (Fsp3) is 0.435. The van der Waals surface area contributed by atoms with Gasteiger partial charge in [-0.2, -0.15) is 0 Å². The molecule has 0 amide bonds. The first-order valence-corrected chi connectivity index (χ1v) is 9.99. The van der Waals surface area contributed by atoms with E-state index in [0.717, 1.165) is 0 Å². The summed E-state index contributed by atoms with van der Waals surface area (Å²) in [5.74, 6) is -0.816. The minimum absolute atomic E-state index is 0.0347. The van der Waals surface area contributed by atoms with E-state index < -0.39 is 12.2 Å². The Morgan fingerprint density at radius 2 is 1.50 bits per heavy atom. The van der Waals surface area contributed by atoms with Crippen LogP contribution in [-0.4, -0.2) is 38.6 Å². The van der Waals surface area contributed by atoms with Gasteiger partial charge in [-0.3, -0.25) is 4.79 Å². The zero-order valence-corrected chi connectivity index (χ0v) is 16.6. The van der Waals surface area contributed by atoms with E-state index in [1.807, 2.05) is 38.1 Å². The fourth-order valence-corrected chi connectivity index (χ4v) is 3.87. The van der Waals surface area contributed by atoms with Gasteiger partial charge in [0.15, 0.2) is 6.29 Å². The third-order valence-corrected chi connectivity index (χ3v) is 5.13. The molecule has 2 N–H and O–H groups in total. The maximum Gasteiger partial charge on any atom is 0.314 e. The largest absolute Gasteiger partial charge is 0.464 e. The van der Waals surface area contributed by atoms with Crippen molar-refractivity contribution in [3.63, 3.8) is 0 Å². The Balaban J connectivity index is 1.76. The van der Waals surface area contributed by atoms with Gasteiger partial charge in [-0.05, 0) is 49.1 Å².